The molecule has 0 radical (unpaired) electrons. The van der Waals surface area contributed by atoms with E-state index >= 15 is 0 Å². The van der Waals surface area contributed by atoms with Crippen LogP contribution in [0, 0.1) is 0 Å². The molecule has 0 saturated carbocycles. The lowest BCUT2D eigenvalue weighted by Gasteiger charge is -2.12. The quantitative estimate of drug-likeness (QED) is 0.0326. The molecule has 1 aliphatic heterocycles. The van der Waals surface area contributed by atoms with Crippen LogP contribution in [0.25, 0.3) is 0 Å². The maximum Gasteiger partial charge on any atom is 0.358 e. The molecule has 0 bridgehead atoms. The van der Waals surface area contributed by atoms with E-state index in [1.807, 2.05) is 0 Å². The van der Waals surface area contributed by atoms with Crippen molar-refractivity contribution in [2.24, 2.45) is 0 Å². The van der Waals surface area contributed by atoms with Crippen LogP contribution in [-0.2, 0) is 105 Å². The van der Waals surface area contributed by atoms with Gasteiger partial charge in [-0.2, -0.15) is 0 Å². The van der Waals surface area contributed by atoms with E-state index in [0.717, 1.165) is 6.08 Å². The van der Waals surface area contributed by atoms with Crippen LogP contribution in [0.4, 0.5) is 0 Å². The van der Waals surface area contributed by atoms with Crippen LogP contribution in [0.5, 0.6) is 0 Å². The fourth-order valence-electron chi connectivity index (χ4n) is 4.50. The molecule has 0 spiro atoms. The minimum atomic E-state index is -0.826. The van der Waals surface area contributed by atoms with E-state index in [1.54, 1.807) is 0 Å². The highest BCUT2D eigenvalue weighted by molar-refractivity contribution is 6.01. The van der Waals surface area contributed by atoms with Gasteiger partial charge in [-0.05, 0) is 0 Å². The number of nitrogens with zero attached hydrogens (tertiary/aromatic N) is 1. The number of ether oxygens (including phenoxy) is 17. The van der Waals surface area contributed by atoms with Gasteiger partial charge in [-0.1, -0.05) is 6.58 Å². The summed E-state index contributed by atoms with van der Waals surface area (Å²) in [5.74, 6) is -2.37. The molecule has 1 rings (SSSR count). The summed E-state index contributed by atoms with van der Waals surface area (Å²) in [7, 11) is 0. The van der Waals surface area contributed by atoms with Crippen LogP contribution in [0.1, 0.15) is 12.8 Å². The van der Waals surface area contributed by atoms with Gasteiger partial charge in [0.05, 0.1) is 205 Å². The summed E-state index contributed by atoms with van der Waals surface area (Å²) in [5, 5.41) is 0.478. The summed E-state index contributed by atoms with van der Waals surface area (Å²) < 4.78 is 91.5. The number of hydroxylamine groups is 2. The standard InChI is InChI=1S/C41H73NO22/c1-2-40(45)63-36-35-61-32-31-59-28-27-57-24-23-55-20-19-53-16-15-51-12-11-49-8-7-47-5-6-48-9-10-50-13-14-52-17-18-54-21-22-56-25-26-58-29-30-60-33-34-62-37-41(46)64-42-38(43)3-4-39(42)44/h2H,1,3-37H2. The predicted octanol–water partition coefficient (Wildman–Crippen LogP) is -0.412. The molecular weight excluding hydrogens is 858 g/mol. The zero-order valence-corrected chi connectivity index (χ0v) is 37.5. The molecule has 1 heterocycles. The Morgan fingerprint density at radius 2 is 0.562 bits per heavy atom. The van der Waals surface area contributed by atoms with Crippen LogP contribution in [0.2, 0.25) is 0 Å². The first kappa shape index (κ1) is 59.2. The van der Waals surface area contributed by atoms with Gasteiger partial charge in [0.1, 0.15) is 13.2 Å². The minimum absolute atomic E-state index is 0.0359. The molecule has 0 N–H and O–H groups in total. The van der Waals surface area contributed by atoms with Crippen molar-refractivity contribution >= 4 is 23.8 Å². The Labute approximate surface area is 376 Å². The van der Waals surface area contributed by atoms with Gasteiger partial charge in [-0.25, -0.2) is 9.59 Å². The average Bonchev–Trinajstić information content (AvgIpc) is 3.61. The largest absolute Gasteiger partial charge is 0.460 e. The molecule has 2 amide bonds. The van der Waals surface area contributed by atoms with Crippen molar-refractivity contribution in [3.63, 3.8) is 0 Å². The van der Waals surface area contributed by atoms with Crippen LogP contribution in [-0.4, -0.2) is 247 Å². The highest BCUT2D eigenvalue weighted by Crippen LogP contribution is 2.12. The fourth-order valence-corrected chi connectivity index (χ4v) is 4.50. The third kappa shape index (κ3) is 41.9. The van der Waals surface area contributed by atoms with Gasteiger partial charge in [-0.3, -0.25) is 9.59 Å². The molecule has 374 valence electrons. The number of amides is 2. The number of esters is 1. The van der Waals surface area contributed by atoms with Gasteiger partial charge in [0.15, 0.2) is 0 Å². The van der Waals surface area contributed by atoms with Crippen molar-refractivity contribution in [3.05, 3.63) is 12.7 Å². The topological polar surface area (TPSA) is 238 Å². The summed E-state index contributed by atoms with van der Waals surface area (Å²) in [4.78, 5) is 50.0. The highest BCUT2D eigenvalue weighted by atomic mass is 16.7. The minimum Gasteiger partial charge on any atom is -0.460 e. The second kappa shape index (κ2) is 48.1. The molecule has 23 nitrogen and oxygen atoms in total. The number of imide groups is 1. The monoisotopic (exact) mass is 931 g/mol. The molecule has 1 aliphatic rings. The van der Waals surface area contributed by atoms with Gasteiger partial charge >= 0.3 is 11.9 Å². The lowest BCUT2D eigenvalue weighted by molar-refractivity contribution is -0.200. The number of rotatable bonds is 52. The predicted molar refractivity (Wildman–Crippen MR) is 221 cm³/mol. The van der Waals surface area contributed by atoms with Crippen molar-refractivity contribution in [1.82, 2.24) is 5.06 Å². The van der Waals surface area contributed by atoms with Crippen molar-refractivity contribution in [2.75, 3.05) is 218 Å². The maximum atomic E-state index is 11.6. The smallest absolute Gasteiger partial charge is 0.358 e. The molecule has 0 aromatic carbocycles. The van der Waals surface area contributed by atoms with Gasteiger partial charge in [-0.15, -0.1) is 5.06 Å². The molecule has 0 aliphatic carbocycles. The van der Waals surface area contributed by atoms with Crippen LogP contribution in [0.3, 0.4) is 0 Å². The third-order valence-corrected chi connectivity index (χ3v) is 7.64. The SMILES string of the molecule is C=CC(=O)OCCOCCOCCOCCOCCOCCOCCOCCOCCOCCOCCOCCOCCOCCOCCOCCOCC(=O)ON1C(=O)CCC1=O. The Balaban J connectivity index is 1.62. The van der Waals surface area contributed by atoms with E-state index in [4.69, 9.17) is 80.5 Å². The summed E-state index contributed by atoms with van der Waals surface area (Å²) in [5.41, 5.74) is 0. The Hall–Kier alpha value is -2.82. The van der Waals surface area contributed by atoms with E-state index in [0.29, 0.717) is 197 Å². The Bertz CT molecular complexity index is 1090. The molecule has 1 fully saturated rings. The van der Waals surface area contributed by atoms with Gasteiger partial charge < -0.3 is 85.4 Å². The summed E-state index contributed by atoms with van der Waals surface area (Å²) in [6.45, 7) is 16.4. The van der Waals surface area contributed by atoms with Crippen LogP contribution >= 0.6 is 0 Å². The molecule has 64 heavy (non-hydrogen) atoms. The first-order valence-corrected chi connectivity index (χ1v) is 21.6. The Morgan fingerprint density at radius 3 is 0.781 bits per heavy atom. The first-order chi connectivity index (χ1) is 31.5. The van der Waals surface area contributed by atoms with Gasteiger partial charge in [0.25, 0.3) is 11.8 Å². The number of hydrogen-bond acceptors (Lipinski definition) is 22. The Kier molecular flexibility index (Phi) is 44.5. The van der Waals surface area contributed by atoms with E-state index in [-0.39, 0.29) is 32.7 Å². The Morgan fingerprint density at radius 1 is 0.359 bits per heavy atom. The zero-order chi connectivity index (χ0) is 46.1. The molecule has 0 unspecified atom stereocenters. The van der Waals surface area contributed by atoms with Crippen LogP contribution < -0.4 is 0 Å². The van der Waals surface area contributed by atoms with E-state index < -0.39 is 30.4 Å². The first-order valence-electron chi connectivity index (χ1n) is 21.6. The second-order valence-corrected chi connectivity index (χ2v) is 12.7. The number of carbonyl (C=O) groups is 4. The number of hydrogen-bond donors (Lipinski definition) is 0. The molecule has 0 aromatic rings. The van der Waals surface area contributed by atoms with Crippen molar-refractivity contribution in [1.29, 1.82) is 0 Å². The van der Waals surface area contributed by atoms with Crippen molar-refractivity contribution in [2.45, 2.75) is 12.8 Å². The fraction of sp³-hybridized carbons (Fsp3) is 0.854. The second-order valence-electron chi connectivity index (χ2n) is 12.7. The van der Waals surface area contributed by atoms with E-state index in [1.165, 1.54) is 0 Å². The third-order valence-electron chi connectivity index (χ3n) is 7.64. The lowest BCUT2D eigenvalue weighted by atomic mass is 10.4. The molecule has 0 atom stereocenters. The maximum absolute atomic E-state index is 11.6. The van der Waals surface area contributed by atoms with Crippen molar-refractivity contribution < 1.29 is 105 Å². The van der Waals surface area contributed by atoms with Gasteiger partial charge in [0, 0.05) is 18.9 Å². The molecule has 0 aromatic heterocycles. The van der Waals surface area contributed by atoms with Gasteiger partial charge in [0.2, 0.25) is 0 Å². The van der Waals surface area contributed by atoms with Crippen molar-refractivity contribution in [3.8, 4) is 0 Å². The number of carbonyl (C=O) groups excluding carboxylic acids is 4. The van der Waals surface area contributed by atoms with Crippen LogP contribution in [0.15, 0.2) is 12.7 Å². The summed E-state index contributed by atoms with van der Waals surface area (Å²) >= 11 is 0. The molecule has 23 heteroatoms. The zero-order valence-electron chi connectivity index (χ0n) is 37.5. The molecular formula is C41H73NO22. The van der Waals surface area contributed by atoms with E-state index in [2.05, 4.69) is 11.4 Å². The lowest BCUT2D eigenvalue weighted by Crippen LogP contribution is -2.33. The normalized spacial score (nSPS) is 12.7. The summed E-state index contributed by atoms with van der Waals surface area (Å²) in [6.07, 6.45) is 1.18. The highest BCUT2D eigenvalue weighted by Gasteiger charge is 2.32. The average molecular weight is 932 g/mol. The molecule has 1 saturated heterocycles. The van der Waals surface area contributed by atoms with E-state index in [9.17, 15) is 19.2 Å². The summed E-state index contributed by atoms with van der Waals surface area (Å²) in [6, 6.07) is 0.